The van der Waals surface area contributed by atoms with Gasteiger partial charge in [-0.2, -0.15) is 0 Å². The molecular formula is C11H15S. The van der Waals surface area contributed by atoms with Crippen LogP contribution < -0.4 is 0 Å². The van der Waals surface area contributed by atoms with Gasteiger partial charge in [0.05, 0.1) is 0 Å². The first-order chi connectivity index (χ1) is 5.75. The molecule has 65 valence electrons. The van der Waals surface area contributed by atoms with Crippen LogP contribution in [0.15, 0.2) is 23.1 Å². The summed E-state index contributed by atoms with van der Waals surface area (Å²) >= 11 is 1.84. The number of rotatable bonds is 3. The van der Waals surface area contributed by atoms with Crippen molar-refractivity contribution >= 4 is 11.8 Å². The van der Waals surface area contributed by atoms with E-state index in [4.69, 9.17) is 0 Å². The molecule has 0 unspecified atom stereocenters. The minimum absolute atomic E-state index is 1.12. The summed E-state index contributed by atoms with van der Waals surface area (Å²) < 4.78 is 0. The Kier molecular flexibility index (Phi) is 3.67. The molecule has 0 fully saturated rings. The Morgan fingerprint density at radius 3 is 2.75 bits per heavy atom. The summed E-state index contributed by atoms with van der Waals surface area (Å²) in [5.41, 5.74) is 2.79. The standard InChI is InChI=1S/C11H15S/c1-4-8-12-11-7-5-6-9(2)10(11)3/h5-8H,4H2,1-3H3. The molecule has 1 aromatic carbocycles. The van der Waals surface area contributed by atoms with Gasteiger partial charge in [0, 0.05) is 10.6 Å². The van der Waals surface area contributed by atoms with Crippen LogP contribution in [0.1, 0.15) is 24.5 Å². The molecular weight excluding hydrogens is 164 g/mol. The average molecular weight is 179 g/mol. The van der Waals surface area contributed by atoms with E-state index in [2.05, 4.69) is 44.7 Å². The summed E-state index contributed by atoms with van der Waals surface area (Å²) in [5, 5.41) is 0. The molecule has 1 heteroatoms. The Morgan fingerprint density at radius 1 is 1.33 bits per heavy atom. The molecule has 0 amide bonds. The Balaban J connectivity index is 2.78. The zero-order valence-corrected chi connectivity index (χ0v) is 8.74. The molecule has 0 spiro atoms. The largest absolute Gasteiger partial charge is 0.121 e. The second-order valence-electron chi connectivity index (χ2n) is 2.89. The lowest BCUT2D eigenvalue weighted by Crippen LogP contribution is -1.83. The van der Waals surface area contributed by atoms with Gasteiger partial charge >= 0.3 is 0 Å². The van der Waals surface area contributed by atoms with Crippen LogP contribution in [0.4, 0.5) is 0 Å². The fourth-order valence-corrected chi connectivity index (χ4v) is 1.87. The van der Waals surface area contributed by atoms with Gasteiger partial charge in [0.1, 0.15) is 0 Å². The Hall–Kier alpha value is -0.430. The quantitative estimate of drug-likeness (QED) is 0.633. The smallest absolute Gasteiger partial charge is 0.0214 e. The van der Waals surface area contributed by atoms with Crippen molar-refractivity contribution in [3.05, 3.63) is 35.1 Å². The first-order valence-electron chi connectivity index (χ1n) is 4.30. The van der Waals surface area contributed by atoms with Gasteiger partial charge < -0.3 is 0 Å². The molecule has 1 rings (SSSR count). The van der Waals surface area contributed by atoms with Gasteiger partial charge in [0.25, 0.3) is 0 Å². The zero-order chi connectivity index (χ0) is 8.97. The summed E-state index contributed by atoms with van der Waals surface area (Å²) in [6.07, 6.45) is 1.12. The summed E-state index contributed by atoms with van der Waals surface area (Å²) in [6, 6.07) is 6.46. The molecule has 0 aliphatic heterocycles. The fourth-order valence-electron chi connectivity index (χ4n) is 1.02. The lowest BCUT2D eigenvalue weighted by Gasteiger charge is -2.06. The van der Waals surface area contributed by atoms with Crippen molar-refractivity contribution in [2.24, 2.45) is 0 Å². The maximum absolute atomic E-state index is 2.24. The number of hydrogen-bond donors (Lipinski definition) is 0. The van der Waals surface area contributed by atoms with Crippen LogP contribution in [0.3, 0.4) is 0 Å². The predicted octanol–water partition coefficient (Wildman–Crippen LogP) is 3.97. The molecule has 0 N–H and O–H groups in total. The summed E-state index contributed by atoms with van der Waals surface area (Å²) in [7, 11) is 0. The monoisotopic (exact) mass is 179 g/mol. The van der Waals surface area contributed by atoms with Crippen molar-refractivity contribution in [2.75, 3.05) is 0 Å². The Labute approximate surface area is 79.4 Å². The first kappa shape index (κ1) is 9.66. The van der Waals surface area contributed by atoms with E-state index in [1.54, 1.807) is 0 Å². The normalized spacial score (nSPS) is 10.2. The highest BCUT2D eigenvalue weighted by Crippen LogP contribution is 2.26. The summed E-state index contributed by atoms with van der Waals surface area (Å²) in [4.78, 5) is 1.39. The lowest BCUT2D eigenvalue weighted by atomic mass is 10.1. The Morgan fingerprint density at radius 2 is 2.08 bits per heavy atom. The first-order valence-corrected chi connectivity index (χ1v) is 5.18. The molecule has 1 radical (unpaired) electrons. The van der Waals surface area contributed by atoms with E-state index in [1.165, 1.54) is 16.0 Å². The summed E-state index contributed by atoms with van der Waals surface area (Å²) in [6.45, 7) is 6.50. The second-order valence-corrected chi connectivity index (χ2v) is 3.90. The van der Waals surface area contributed by atoms with Crippen molar-refractivity contribution in [1.29, 1.82) is 0 Å². The van der Waals surface area contributed by atoms with Crippen molar-refractivity contribution in [3.8, 4) is 0 Å². The van der Waals surface area contributed by atoms with Crippen LogP contribution in [-0.4, -0.2) is 0 Å². The highest BCUT2D eigenvalue weighted by atomic mass is 32.2. The Bertz CT molecular complexity index is 253. The molecule has 0 saturated carbocycles. The third-order valence-electron chi connectivity index (χ3n) is 1.93. The van der Waals surface area contributed by atoms with Crippen molar-refractivity contribution in [1.82, 2.24) is 0 Å². The number of benzene rings is 1. The maximum atomic E-state index is 2.24. The zero-order valence-electron chi connectivity index (χ0n) is 7.92. The number of thioether (sulfide) groups is 1. The van der Waals surface area contributed by atoms with E-state index in [0.717, 1.165) is 6.42 Å². The highest BCUT2D eigenvalue weighted by Gasteiger charge is 1.99. The number of aryl methyl sites for hydroxylation is 1. The van der Waals surface area contributed by atoms with Crippen LogP contribution in [-0.2, 0) is 0 Å². The van der Waals surface area contributed by atoms with Crippen LogP contribution >= 0.6 is 11.8 Å². The lowest BCUT2D eigenvalue weighted by molar-refractivity contribution is 1.18. The van der Waals surface area contributed by atoms with Gasteiger partial charge in [0.15, 0.2) is 0 Å². The average Bonchev–Trinajstić information content (AvgIpc) is 2.08. The molecule has 0 saturated heterocycles. The predicted molar refractivity (Wildman–Crippen MR) is 56.4 cm³/mol. The second kappa shape index (κ2) is 4.56. The van der Waals surface area contributed by atoms with Gasteiger partial charge in [-0.05, 0) is 37.5 Å². The van der Waals surface area contributed by atoms with E-state index in [9.17, 15) is 0 Å². The SMILES string of the molecule is CC[CH]Sc1cccc(C)c1C. The van der Waals surface area contributed by atoms with Gasteiger partial charge in [-0.15, -0.1) is 11.8 Å². The molecule has 1 aromatic rings. The molecule has 0 aliphatic carbocycles. The fraction of sp³-hybridized carbons (Fsp3) is 0.364. The van der Waals surface area contributed by atoms with Gasteiger partial charge in [-0.25, -0.2) is 0 Å². The highest BCUT2D eigenvalue weighted by molar-refractivity contribution is 8.01. The van der Waals surface area contributed by atoms with Gasteiger partial charge in [-0.3, -0.25) is 0 Å². The van der Waals surface area contributed by atoms with Crippen molar-refractivity contribution in [3.63, 3.8) is 0 Å². The molecule has 0 aromatic heterocycles. The van der Waals surface area contributed by atoms with E-state index < -0.39 is 0 Å². The minimum atomic E-state index is 1.12. The number of hydrogen-bond acceptors (Lipinski definition) is 1. The third kappa shape index (κ3) is 2.28. The van der Waals surface area contributed by atoms with Gasteiger partial charge in [-0.1, -0.05) is 19.1 Å². The molecule has 12 heavy (non-hydrogen) atoms. The molecule has 0 heterocycles. The van der Waals surface area contributed by atoms with Crippen molar-refractivity contribution < 1.29 is 0 Å². The molecule has 0 bridgehead atoms. The van der Waals surface area contributed by atoms with Crippen LogP contribution in [0.5, 0.6) is 0 Å². The van der Waals surface area contributed by atoms with Crippen LogP contribution in [0.2, 0.25) is 0 Å². The van der Waals surface area contributed by atoms with E-state index >= 15 is 0 Å². The molecule has 0 atom stereocenters. The van der Waals surface area contributed by atoms with Crippen molar-refractivity contribution in [2.45, 2.75) is 32.1 Å². The molecule has 0 nitrogen and oxygen atoms in total. The van der Waals surface area contributed by atoms with Crippen LogP contribution in [0.25, 0.3) is 0 Å². The summed E-state index contributed by atoms with van der Waals surface area (Å²) in [5.74, 6) is 2.24. The minimum Gasteiger partial charge on any atom is -0.121 e. The van der Waals surface area contributed by atoms with Crippen LogP contribution in [0, 0.1) is 19.6 Å². The maximum Gasteiger partial charge on any atom is 0.0214 e. The van der Waals surface area contributed by atoms with E-state index in [-0.39, 0.29) is 0 Å². The third-order valence-corrected chi connectivity index (χ3v) is 3.13. The van der Waals surface area contributed by atoms with Gasteiger partial charge in [0.2, 0.25) is 0 Å². The van der Waals surface area contributed by atoms with E-state index in [0.29, 0.717) is 0 Å². The van der Waals surface area contributed by atoms with E-state index in [1.807, 2.05) is 11.8 Å². The molecule has 0 aliphatic rings. The topological polar surface area (TPSA) is 0 Å².